The first-order valence-corrected chi connectivity index (χ1v) is 10.7. The van der Waals surface area contributed by atoms with E-state index in [1.165, 1.54) is 11.1 Å². The highest BCUT2D eigenvalue weighted by atomic mass is 127. The van der Waals surface area contributed by atoms with Gasteiger partial charge in [-0.1, -0.05) is 24.3 Å². The van der Waals surface area contributed by atoms with Crippen molar-refractivity contribution in [1.82, 2.24) is 20.0 Å². The van der Waals surface area contributed by atoms with Gasteiger partial charge in [0.15, 0.2) is 5.96 Å². The number of guanidine groups is 1. The van der Waals surface area contributed by atoms with Crippen LogP contribution in [-0.4, -0.2) is 86.0 Å². The van der Waals surface area contributed by atoms with Gasteiger partial charge in [0.25, 0.3) is 0 Å². The number of carbonyl (C=O) groups is 1. The molecule has 0 saturated carbocycles. The monoisotopic (exact) mass is 529 g/mol. The van der Waals surface area contributed by atoms with Crippen LogP contribution >= 0.6 is 24.0 Å². The SMILES string of the molecule is CN=C(NCc1ccc(COC)cc1)N1CCN(C(C)C(=O)N2CCCC2)CC1.I. The van der Waals surface area contributed by atoms with E-state index in [0.717, 1.165) is 64.6 Å². The third-order valence-corrected chi connectivity index (χ3v) is 5.93. The summed E-state index contributed by atoms with van der Waals surface area (Å²) >= 11 is 0. The number of amides is 1. The van der Waals surface area contributed by atoms with Gasteiger partial charge in [0.05, 0.1) is 12.6 Å². The summed E-state index contributed by atoms with van der Waals surface area (Å²) in [7, 11) is 3.54. The zero-order valence-corrected chi connectivity index (χ0v) is 20.8. The molecule has 2 aliphatic heterocycles. The average Bonchev–Trinajstić information content (AvgIpc) is 3.30. The second kappa shape index (κ2) is 12.5. The summed E-state index contributed by atoms with van der Waals surface area (Å²) in [5.41, 5.74) is 2.39. The largest absolute Gasteiger partial charge is 0.380 e. The minimum atomic E-state index is -0.0316. The molecule has 1 atom stereocenters. The van der Waals surface area contributed by atoms with E-state index in [4.69, 9.17) is 4.74 Å². The number of nitrogens with one attached hydrogen (secondary N) is 1. The Labute approximate surface area is 197 Å². The zero-order chi connectivity index (χ0) is 20.6. The number of methoxy groups -OCH3 is 1. The van der Waals surface area contributed by atoms with E-state index in [1.807, 2.05) is 11.9 Å². The molecule has 168 valence electrons. The number of carbonyl (C=O) groups excluding carboxylic acids is 1. The minimum absolute atomic E-state index is 0. The number of ether oxygens (including phenoxy) is 1. The summed E-state index contributed by atoms with van der Waals surface area (Å²) in [4.78, 5) is 23.7. The third kappa shape index (κ3) is 6.55. The Morgan fingerprint density at radius 1 is 1.03 bits per heavy atom. The number of piperazine rings is 1. The average molecular weight is 529 g/mol. The molecule has 8 heteroatoms. The smallest absolute Gasteiger partial charge is 0.239 e. The molecule has 1 unspecified atom stereocenters. The molecule has 3 rings (SSSR count). The molecule has 2 saturated heterocycles. The van der Waals surface area contributed by atoms with Gasteiger partial charge in [-0.2, -0.15) is 0 Å². The third-order valence-electron chi connectivity index (χ3n) is 5.93. The summed E-state index contributed by atoms with van der Waals surface area (Å²) in [5, 5.41) is 3.47. The molecule has 0 spiro atoms. The molecular formula is C22H36IN5O2. The number of nitrogens with zero attached hydrogens (tertiary/aromatic N) is 4. The molecular weight excluding hydrogens is 493 g/mol. The molecule has 1 aromatic carbocycles. The van der Waals surface area contributed by atoms with E-state index in [1.54, 1.807) is 7.11 Å². The summed E-state index contributed by atoms with van der Waals surface area (Å²) in [6.07, 6.45) is 2.28. The van der Waals surface area contributed by atoms with Gasteiger partial charge in [-0.3, -0.25) is 14.7 Å². The first kappa shape index (κ1) is 24.9. The molecule has 1 N–H and O–H groups in total. The fourth-order valence-electron chi connectivity index (χ4n) is 4.11. The molecule has 2 fully saturated rings. The van der Waals surface area contributed by atoms with Crippen LogP contribution in [0.25, 0.3) is 0 Å². The van der Waals surface area contributed by atoms with E-state index in [-0.39, 0.29) is 35.9 Å². The first-order valence-electron chi connectivity index (χ1n) is 10.7. The van der Waals surface area contributed by atoms with E-state index in [2.05, 4.69) is 51.3 Å². The zero-order valence-electron chi connectivity index (χ0n) is 18.5. The van der Waals surface area contributed by atoms with Crippen LogP contribution in [0.1, 0.15) is 30.9 Å². The van der Waals surface area contributed by atoms with Crippen molar-refractivity contribution >= 4 is 35.8 Å². The molecule has 1 amide bonds. The maximum Gasteiger partial charge on any atom is 0.239 e. The van der Waals surface area contributed by atoms with Crippen molar-refractivity contribution in [3.8, 4) is 0 Å². The number of likely N-dealkylation sites (tertiary alicyclic amines) is 1. The molecule has 0 aliphatic carbocycles. The normalized spacial score (nSPS) is 18.8. The molecule has 2 aliphatic rings. The van der Waals surface area contributed by atoms with Crippen LogP contribution in [0.15, 0.2) is 29.3 Å². The van der Waals surface area contributed by atoms with Crippen molar-refractivity contribution in [3.05, 3.63) is 35.4 Å². The van der Waals surface area contributed by atoms with Crippen molar-refractivity contribution in [2.24, 2.45) is 4.99 Å². The van der Waals surface area contributed by atoms with Crippen LogP contribution in [0.3, 0.4) is 0 Å². The molecule has 0 bridgehead atoms. The van der Waals surface area contributed by atoms with Crippen LogP contribution in [0.5, 0.6) is 0 Å². The minimum Gasteiger partial charge on any atom is -0.380 e. The molecule has 30 heavy (non-hydrogen) atoms. The molecule has 0 radical (unpaired) electrons. The van der Waals surface area contributed by atoms with Crippen LogP contribution in [0.2, 0.25) is 0 Å². The standard InChI is InChI=1S/C22H35N5O2.HI/c1-18(21(28)26-10-4-5-11-26)25-12-14-27(15-13-25)22(23-2)24-16-19-6-8-20(9-7-19)17-29-3;/h6-9,18H,4-5,10-17H2,1-3H3,(H,23,24);1H. The van der Waals surface area contributed by atoms with Crippen molar-refractivity contribution in [2.45, 2.75) is 39.0 Å². The van der Waals surface area contributed by atoms with Gasteiger partial charge in [-0.15, -0.1) is 24.0 Å². The number of hydrogen-bond acceptors (Lipinski definition) is 4. The van der Waals surface area contributed by atoms with Gasteiger partial charge >= 0.3 is 0 Å². The highest BCUT2D eigenvalue weighted by Crippen LogP contribution is 2.14. The number of rotatable bonds is 6. The van der Waals surface area contributed by atoms with E-state index < -0.39 is 0 Å². The lowest BCUT2D eigenvalue weighted by Gasteiger charge is -2.39. The Balaban J connectivity index is 0.00000320. The van der Waals surface area contributed by atoms with Gasteiger partial charge < -0.3 is 19.9 Å². The van der Waals surface area contributed by atoms with Crippen LogP contribution < -0.4 is 5.32 Å². The second-order valence-corrected chi connectivity index (χ2v) is 7.88. The van der Waals surface area contributed by atoms with Crippen LogP contribution in [-0.2, 0) is 22.7 Å². The Bertz CT molecular complexity index is 683. The van der Waals surface area contributed by atoms with Gasteiger partial charge in [0.2, 0.25) is 5.91 Å². The van der Waals surface area contributed by atoms with Crippen molar-refractivity contribution in [2.75, 3.05) is 53.4 Å². The van der Waals surface area contributed by atoms with Crippen molar-refractivity contribution < 1.29 is 9.53 Å². The number of halogens is 1. The molecule has 1 aromatic rings. The van der Waals surface area contributed by atoms with E-state index >= 15 is 0 Å². The predicted molar refractivity (Wildman–Crippen MR) is 131 cm³/mol. The maximum absolute atomic E-state index is 12.7. The fourth-order valence-corrected chi connectivity index (χ4v) is 4.11. The predicted octanol–water partition coefficient (Wildman–Crippen LogP) is 2.15. The lowest BCUT2D eigenvalue weighted by atomic mass is 10.1. The first-order chi connectivity index (χ1) is 14.1. The molecule has 0 aromatic heterocycles. The summed E-state index contributed by atoms with van der Waals surface area (Å²) in [6, 6.07) is 8.41. The fraction of sp³-hybridized carbons (Fsp3) is 0.636. The van der Waals surface area contributed by atoms with Gasteiger partial charge in [0.1, 0.15) is 0 Å². The number of benzene rings is 1. The van der Waals surface area contributed by atoms with Crippen molar-refractivity contribution in [1.29, 1.82) is 0 Å². The van der Waals surface area contributed by atoms with Gasteiger partial charge in [-0.25, -0.2) is 0 Å². The van der Waals surface area contributed by atoms with E-state index in [9.17, 15) is 4.79 Å². The Morgan fingerprint density at radius 3 is 2.20 bits per heavy atom. The quantitative estimate of drug-likeness (QED) is 0.348. The highest BCUT2D eigenvalue weighted by Gasteiger charge is 2.30. The highest BCUT2D eigenvalue weighted by molar-refractivity contribution is 14.0. The topological polar surface area (TPSA) is 60.4 Å². The summed E-state index contributed by atoms with van der Waals surface area (Å²) in [6.45, 7) is 8.80. The van der Waals surface area contributed by atoms with Gasteiger partial charge in [0, 0.05) is 60.0 Å². The second-order valence-electron chi connectivity index (χ2n) is 7.88. The van der Waals surface area contributed by atoms with E-state index in [0.29, 0.717) is 6.61 Å². The summed E-state index contributed by atoms with van der Waals surface area (Å²) in [5.74, 6) is 1.21. The van der Waals surface area contributed by atoms with Crippen molar-refractivity contribution in [3.63, 3.8) is 0 Å². The lowest BCUT2D eigenvalue weighted by molar-refractivity contribution is -0.135. The van der Waals surface area contributed by atoms with Gasteiger partial charge in [-0.05, 0) is 30.9 Å². The van der Waals surface area contributed by atoms with Crippen LogP contribution in [0.4, 0.5) is 0 Å². The Kier molecular flexibility index (Phi) is 10.3. The Hall–Kier alpha value is -1.39. The van der Waals surface area contributed by atoms with Crippen LogP contribution in [0, 0.1) is 0 Å². The molecule has 7 nitrogen and oxygen atoms in total. The molecule has 2 heterocycles. The lowest BCUT2D eigenvalue weighted by Crippen LogP contribution is -2.57. The number of aliphatic imine (C=N–C) groups is 1. The number of hydrogen-bond donors (Lipinski definition) is 1. The maximum atomic E-state index is 12.7. The Morgan fingerprint density at radius 2 is 1.63 bits per heavy atom. The summed E-state index contributed by atoms with van der Waals surface area (Å²) < 4.78 is 5.16.